The second-order valence-electron chi connectivity index (χ2n) is 2.79. The van der Waals surface area contributed by atoms with Crippen molar-refractivity contribution in [2.24, 2.45) is 0 Å². The van der Waals surface area contributed by atoms with Crippen LogP contribution in [0.2, 0.25) is 0 Å². The van der Waals surface area contributed by atoms with Crippen LogP contribution in [-0.4, -0.2) is 13.0 Å². The average Bonchev–Trinajstić information content (AvgIpc) is 2.14. The van der Waals surface area contributed by atoms with E-state index in [9.17, 15) is 22.0 Å². The average molecular weight is 277 g/mol. The minimum atomic E-state index is -4.93. The minimum Gasteiger partial charge on any atom is -0.434 e. The fraction of sp³-hybridized carbons (Fsp3) is 0.333. The van der Waals surface area contributed by atoms with Crippen LogP contribution in [0.3, 0.4) is 0 Å². The number of rotatable bonds is 4. The topological polar surface area (TPSA) is 18.5 Å². The number of alkyl halides is 6. The largest absolute Gasteiger partial charge is 0.573 e. The summed E-state index contributed by atoms with van der Waals surface area (Å²) in [7, 11) is 0. The molecule has 1 rings (SSSR count). The number of benzene rings is 1. The van der Waals surface area contributed by atoms with Crippen LogP contribution >= 0.6 is 11.6 Å². The molecule has 96 valence electrons. The van der Waals surface area contributed by atoms with Gasteiger partial charge in [0.25, 0.3) is 0 Å². The second-order valence-corrected chi connectivity index (χ2v) is 3.06. The first-order valence-electron chi connectivity index (χ1n) is 4.22. The van der Waals surface area contributed by atoms with Crippen molar-refractivity contribution in [2.75, 3.05) is 0 Å². The molecule has 0 atom stereocenters. The lowest BCUT2D eigenvalue weighted by atomic mass is 10.2. The van der Waals surface area contributed by atoms with Gasteiger partial charge < -0.3 is 9.47 Å². The van der Waals surface area contributed by atoms with Crippen LogP contribution in [0.15, 0.2) is 18.2 Å². The molecular formula is C9H6ClF5O2. The number of hydrogen-bond acceptors (Lipinski definition) is 2. The molecule has 0 aliphatic rings. The first-order chi connectivity index (χ1) is 7.83. The van der Waals surface area contributed by atoms with Gasteiger partial charge >= 0.3 is 13.0 Å². The standard InChI is InChI=1S/C9H6ClF5O2/c10-4-5-6(16-8(11)12)2-1-3-7(5)17-9(13,14)15/h1-3,8H,4H2. The molecule has 0 radical (unpaired) electrons. The molecule has 0 saturated carbocycles. The Labute approximate surface area is 97.9 Å². The fourth-order valence-corrected chi connectivity index (χ4v) is 1.37. The van der Waals surface area contributed by atoms with Gasteiger partial charge in [-0.1, -0.05) is 6.07 Å². The van der Waals surface area contributed by atoms with Gasteiger partial charge in [-0.3, -0.25) is 0 Å². The molecule has 17 heavy (non-hydrogen) atoms. The highest BCUT2D eigenvalue weighted by atomic mass is 35.5. The summed E-state index contributed by atoms with van der Waals surface area (Å²) in [5.41, 5.74) is -0.285. The van der Waals surface area contributed by atoms with Crippen LogP contribution in [0.5, 0.6) is 11.5 Å². The Morgan fingerprint density at radius 1 is 1.18 bits per heavy atom. The Hall–Kier alpha value is -1.24. The van der Waals surface area contributed by atoms with Crippen molar-refractivity contribution in [3.8, 4) is 11.5 Å². The van der Waals surface area contributed by atoms with E-state index < -0.39 is 30.4 Å². The molecular weight excluding hydrogens is 271 g/mol. The van der Waals surface area contributed by atoms with Gasteiger partial charge in [0.05, 0.1) is 11.4 Å². The summed E-state index contributed by atoms with van der Waals surface area (Å²) < 4.78 is 67.6. The molecule has 0 aliphatic carbocycles. The highest BCUT2D eigenvalue weighted by Crippen LogP contribution is 2.34. The number of halogens is 6. The highest BCUT2D eigenvalue weighted by molar-refractivity contribution is 6.17. The lowest BCUT2D eigenvalue weighted by molar-refractivity contribution is -0.274. The van der Waals surface area contributed by atoms with E-state index in [1.165, 1.54) is 0 Å². The zero-order valence-electron chi connectivity index (χ0n) is 8.10. The number of ether oxygens (including phenoxy) is 2. The van der Waals surface area contributed by atoms with E-state index in [1.807, 2.05) is 0 Å². The fourth-order valence-electron chi connectivity index (χ4n) is 1.10. The summed E-state index contributed by atoms with van der Waals surface area (Å²) in [4.78, 5) is 0. The van der Waals surface area contributed by atoms with E-state index in [1.54, 1.807) is 0 Å². The predicted octanol–water partition coefficient (Wildman–Crippen LogP) is 3.93. The zero-order valence-corrected chi connectivity index (χ0v) is 8.86. The normalized spacial score (nSPS) is 11.7. The van der Waals surface area contributed by atoms with Crippen LogP contribution < -0.4 is 9.47 Å². The van der Waals surface area contributed by atoms with Crippen molar-refractivity contribution in [2.45, 2.75) is 18.9 Å². The smallest absolute Gasteiger partial charge is 0.434 e. The van der Waals surface area contributed by atoms with Crippen molar-refractivity contribution in [1.29, 1.82) is 0 Å². The molecule has 0 fully saturated rings. The van der Waals surface area contributed by atoms with Gasteiger partial charge in [-0.15, -0.1) is 24.8 Å². The van der Waals surface area contributed by atoms with E-state index in [2.05, 4.69) is 9.47 Å². The van der Waals surface area contributed by atoms with Gasteiger partial charge in [0.15, 0.2) is 0 Å². The lowest BCUT2D eigenvalue weighted by Gasteiger charge is -2.15. The summed E-state index contributed by atoms with van der Waals surface area (Å²) in [5, 5.41) is 0. The summed E-state index contributed by atoms with van der Waals surface area (Å²) in [5.74, 6) is -1.56. The van der Waals surface area contributed by atoms with Crippen molar-refractivity contribution in [3.05, 3.63) is 23.8 Å². The minimum absolute atomic E-state index is 0.285. The van der Waals surface area contributed by atoms with Crippen LogP contribution in [0.25, 0.3) is 0 Å². The number of hydrogen-bond donors (Lipinski definition) is 0. The molecule has 0 heterocycles. The van der Waals surface area contributed by atoms with Gasteiger partial charge in [0.2, 0.25) is 0 Å². The Morgan fingerprint density at radius 3 is 2.24 bits per heavy atom. The maximum atomic E-state index is 12.0. The third-order valence-corrected chi connectivity index (χ3v) is 1.93. The van der Waals surface area contributed by atoms with Crippen LogP contribution in [0.4, 0.5) is 22.0 Å². The Morgan fingerprint density at radius 2 is 1.76 bits per heavy atom. The molecule has 0 aliphatic heterocycles. The van der Waals surface area contributed by atoms with Gasteiger partial charge in [0, 0.05) is 0 Å². The Kier molecular flexibility index (Phi) is 4.39. The first kappa shape index (κ1) is 13.8. The van der Waals surface area contributed by atoms with E-state index in [0.29, 0.717) is 0 Å². The Bertz CT molecular complexity index is 380. The van der Waals surface area contributed by atoms with E-state index in [4.69, 9.17) is 11.6 Å². The van der Waals surface area contributed by atoms with Gasteiger partial charge in [-0.2, -0.15) is 8.78 Å². The summed E-state index contributed by atoms with van der Waals surface area (Å²) in [6.45, 7) is -3.15. The van der Waals surface area contributed by atoms with E-state index in [0.717, 1.165) is 18.2 Å². The predicted molar refractivity (Wildman–Crippen MR) is 49.3 cm³/mol. The Balaban J connectivity index is 3.05. The van der Waals surface area contributed by atoms with Gasteiger partial charge in [0.1, 0.15) is 11.5 Å². The third kappa shape index (κ3) is 4.26. The van der Waals surface area contributed by atoms with Crippen molar-refractivity contribution < 1.29 is 31.4 Å². The molecule has 1 aromatic rings. The summed E-state index contributed by atoms with van der Waals surface area (Å²) in [6.07, 6.45) is -4.93. The molecule has 0 spiro atoms. The molecule has 0 N–H and O–H groups in total. The SMILES string of the molecule is FC(F)Oc1cccc(OC(F)(F)F)c1CCl. The highest BCUT2D eigenvalue weighted by Gasteiger charge is 2.32. The molecule has 2 nitrogen and oxygen atoms in total. The van der Waals surface area contributed by atoms with Crippen molar-refractivity contribution in [1.82, 2.24) is 0 Å². The molecule has 0 saturated heterocycles. The van der Waals surface area contributed by atoms with Crippen LogP contribution in [0, 0.1) is 0 Å². The van der Waals surface area contributed by atoms with Crippen molar-refractivity contribution >= 4 is 11.6 Å². The monoisotopic (exact) mass is 276 g/mol. The molecule has 0 bridgehead atoms. The maximum Gasteiger partial charge on any atom is 0.573 e. The second kappa shape index (κ2) is 5.39. The zero-order chi connectivity index (χ0) is 13.1. The lowest BCUT2D eigenvalue weighted by Crippen LogP contribution is -2.18. The first-order valence-corrected chi connectivity index (χ1v) is 4.75. The summed E-state index contributed by atoms with van der Waals surface area (Å²) in [6, 6.07) is 3.13. The molecule has 0 aromatic heterocycles. The van der Waals surface area contributed by atoms with Gasteiger partial charge in [-0.25, -0.2) is 0 Å². The van der Waals surface area contributed by atoms with E-state index in [-0.39, 0.29) is 5.56 Å². The van der Waals surface area contributed by atoms with E-state index >= 15 is 0 Å². The van der Waals surface area contributed by atoms with Crippen LogP contribution in [-0.2, 0) is 5.88 Å². The quantitative estimate of drug-likeness (QED) is 0.613. The third-order valence-electron chi connectivity index (χ3n) is 1.67. The molecule has 8 heteroatoms. The van der Waals surface area contributed by atoms with Crippen LogP contribution in [0.1, 0.15) is 5.56 Å². The summed E-state index contributed by atoms with van der Waals surface area (Å²) >= 11 is 5.38. The molecule has 0 amide bonds. The molecule has 0 unspecified atom stereocenters. The van der Waals surface area contributed by atoms with Gasteiger partial charge in [-0.05, 0) is 12.1 Å². The molecule has 1 aromatic carbocycles. The maximum absolute atomic E-state index is 12.0. The van der Waals surface area contributed by atoms with Crippen molar-refractivity contribution in [3.63, 3.8) is 0 Å².